The van der Waals surface area contributed by atoms with Crippen molar-refractivity contribution in [2.45, 2.75) is 20.8 Å². The number of benzene rings is 2. The third-order valence-electron chi connectivity index (χ3n) is 2.90. The third-order valence-corrected chi connectivity index (χ3v) is 2.90. The van der Waals surface area contributed by atoms with Crippen molar-refractivity contribution in [2.75, 3.05) is 0 Å². The lowest BCUT2D eigenvalue weighted by Crippen LogP contribution is -2.09. The summed E-state index contributed by atoms with van der Waals surface area (Å²) in [5, 5.41) is 1.42. The van der Waals surface area contributed by atoms with E-state index in [9.17, 15) is 9.59 Å². The Kier molecular flexibility index (Phi) is 4.08. The Labute approximate surface area is 123 Å². The Morgan fingerprint density at radius 1 is 0.952 bits per heavy atom. The monoisotopic (exact) mass is 284 g/mol. The number of fused-ring (bicyclic) bond motifs is 1. The number of hydrogen-bond donors (Lipinski definition) is 0. The molecular weight excluding hydrogens is 268 g/mol. The summed E-state index contributed by atoms with van der Waals surface area (Å²) in [7, 11) is 0. The molecule has 0 heterocycles. The summed E-state index contributed by atoms with van der Waals surface area (Å²) in [5.74, 6) is -0.0353. The van der Waals surface area contributed by atoms with E-state index in [4.69, 9.17) is 9.47 Å². The number of hydrogen-bond acceptors (Lipinski definition) is 4. The van der Waals surface area contributed by atoms with Crippen molar-refractivity contribution in [3.05, 3.63) is 48.0 Å². The molecule has 0 aliphatic heterocycles. The molecule has 108 valence electrons. The topological polar surface area (TPSA) is 52.6 Å². The molecule has 21 heavy (non-hydrogen) atoms. The minimum absolute atomic E-state index is 0.319. The Hall–Kier alpha value is -2.62. The van der Waals surface area contributed by atoms with E-state index in [-0.39, 0.29) is 0 Å². The largest absolute Gasteiger partial charge is 0.426 e. The van der Waals surface area contributed by atoms with E-state index in [2.05, 4.69) is 6.58 Å². The molecule has 0 aliphatic rings. The lowest BCUT2D eigenvalue weighted by Gasteiger charge is -2.11. The van der Waals surface area contributed by atoms with Crippen molar-refractivity contribution in [1.29, 1.82) is 0 Å². The molecule has 0 bridgehead atoms. The highest BCUT2D eigenvalue weighted by atomic mass is 16.5. The molecule has 2 aromatic carbocycles. The first kappa shape index (κ1) is 14.8. The van der Waals surface area contributed by atoms with Crippen LogP contribution in [0.15, 0.2) is 42.5 Å². The smallest absolute Gasteiger partial charge is 0.338 e. The average molecular weight is 284 g/mol. The molecule has 0 aliphatic carbocycles. The number of carbonyl (C=O) groups excluding carboxylic acids is 2. The molecule has 2 aromatic rings. The number of rotatable bonds is 3. The van der Waals surface area contributed by atoms with Gasteiger partial charge in [0, 0.05) is 23.3 Å². The quantitative estimate of drug-likeness (QED) is 0.491. The second kappa shape index (κ2) is 5.79. The van der Waals surface area contributed by atoms with Crippen LogP contribution in [0.5, 0.6) is 11.5 Å². The van der Waals surface area contributed by atoms with Crippen LogP contribution in [-0.2, 0) is 9.59 Å². The summed E-state index contributed by atoms with van der Waals surface area (Å²) in [6, 6.07) is 8.84. The zero-order valence-electron chi connectivity index (χ0n) is 12.2. The van der Waals surface area contributed by atoms with Gasteiger partial charge in [0.2, 0.25) is 0 Å². The minimum atomic E-state index is -0.489. The standard InChI is InChI=1S/C17H16O4/c1-10(2)17(19)21-15-7-8-16(20-12(4)18)14-9-11(3)5-6-13(14)15/h5-9H,1H2,2-4H3. The number of carbonyl (C=O) groups is 2. The zero-order chi connectivity index (χ0) is 15.6. The molecule has 0 fully saturated rings. The number of ether oxygens (including phenoxy) is 2. The summed E-state index contributed by atoms with van der Waals surface area (Å²) >= 11 is 0. The molecule has 0 amide bonds. The summed E-state index contributed by atoms with van der Waals surface area (Å²) in [4.78, 5) is 22.9. The van der Waals surface area contributed by atoms with Crippen molar-refractivity contribution < 1.29 is 19.1 Å². The van der Waals surface area contributed by atoms with Crippen LogP contribution >= 0.6 is 0 Å². The molecule has 4 nitrogen and oxygen atoms in total. The molecule has 4 heteroatoms. The molecule has 0 spiro atoms. The van der Waals surface area contributed by atoms with Crippen molar-refractivity contribution >= 4 is 22.7 Å². The van der Waals surface area contributed by atoms with E-state index in [0.717, 1.165) is 10.9 Å². The Morgan fingerprint density at radius 3 is 2.14 bits per heavy atom. The normalized spacial score (nSPS) is 10.2. The maximum absolute atomic E-state index is 11.7. The summed E-state index contributed by atoms with van der Waals surface area (Å²) in [6.45, 7) is 8.42. The second-order valence-corrected chi connectivity index (χ2v) is 4.87. The van der Waals surface area contributed by atoms with Crippen LogP contribution in [-0.4, -0.2) is 11.9 Å². The summed E-state index contributed by atoms with van der Waals surface area (Å²) in [5.41, 5.74) is 1.33. The SMILES string of the molecule is C=C(C)C(=O)Oc1ccc(OC(C)=O)c2cc(C)ccc12. The lowest BCUT2D eigenvalue weighted by molar-refractivity contribution is -0.132. The Morgan fingerprint density at radius 2 is 1.57 bits per heavy atom. The van der Waals surface area contributed by atoms with E-state index < -0.39 is 11.9 Å². The molecule has 0 atom stereocenters. The van der Waals surface area contributed by atoms with Crippen LogP contribution in [0.3, 0.4) is 0 Å². The van der Waals surface area contributed by atoms with Gasteiger partial charge >= 0.3 is 11.9 Å². The molecule has 0 saturated carbocycles. The van der Waals surface area contributed by atoms with Crippen LogP contribution in [0.2, 0.25) is 0 Å². The van der Waals surface area contributed by atoms with E-state index in [0.29, 0.717) is 22.5 Å². The van der Waals surface area contributed by atoms with Gasteiger partial charge in [-0.1, -0.05) is 24.3 Å². The Balaban J connectivity index is 2.57. The summed E-state index contributed by atoms with van der Waals surface area (Å²) in [6.07, 6.45) is 0. The first-order valence-corrected chi connectivity index (χ1v) is 6.48. The predicted molar refractivity (Wildman–Crippen MR) is 80.4 cm³/mol. The lowest BCUT2D eigenvalue weighted by atomic mass is 10.1. The minimum Gasteiger partial charge on any atom is -0.426 e. The first-order valence-electron chi connectivity index (χ1n) is 6.48. The van der Waals surface area contributed by atoms with Crippen molar-refractivity contribution in [3.63, 3.8) is 0 Å². The van der Waals surface area contributed by atoms with Crippen molar-refractivity contribution in [2.24, 2.45) is 0 Å². The fourth-order valence-electron chi connectivity index (χ4n) is 1.93. The average Bonchev–Trinajstić information content (AvgIpc) is 2.40. The predicted octanol–water partition coefficient (Wildman–Crippen LogP) is 3.56. The molecule has 0 aromatic heterocycles. The zero-order valence-corrected chi connectivity index (χ0v) is 12.2. The molecule has 2 rings (SSSR count). The van der Waals surface area contributed by atoms with Crippen LogP contribution in [0.25, 0.3) is 10.8 Å². The third kappa shape index (κ3) is 3.28. The van der Waals surface area contributed by atoms with Gasteiger partial charge in [0.1, 0.15) is 11.5 Å². The van der Waals surface area contributed by atoms with Crippen LogP contribution in [0.4, 0.5) is 0 Å². The van der Waals surface area contributed by atoms with E-state index in [1.807, 2.05) is 25.1 Å². The second-order valence-electron chi connectivity index (χ2n) is 4.87. The summed E-state index contributed by atoms with van der Waals surface area (Å²) < 4.78 is 10.5. The number of esters is 2. The van der Waals surface area contributed by atoms with Gasteiger partial charge in [-0.3, -0.25) is 4.79 Å². The molecule has 0 N–H and O–H groups in total. The van der Waals surface area contributed by atoms with Gasteiger partial charge in [0.15, 0.2) is 0 Å². The Bertz CT molecular complexity index is 744. The molecule has 0 unspecified atom stereocenters. The number of aryl methyl sites for hydroxylation is 1. The van der Waals surface area contributed by atoms with Gasteiger partial charge in [0.05, 0.1) is 0 Å². The van der Waals surface area contributed by atoms with Gasteiger partial charge in [-0.15, -0.1) is 0 Å². The maximum Gasteiger partial charge on any atom is 0.338 e. The highest BCUT2D eigenvalue weighted by molar-refractivity contribution is 5.98. The van der Waals surface area contributed by atoms with Crippen molar-refractivity contribution in [1.82, 2.24) is 0 Å². The van der Waals surface area contributed by atoms with Crippen LogP contribution in [0.1, 0.15) is 19.4 Å². The van der Waals surface area contributed by atoms with E-state index >= 15 is 0 Å². The van der Waals surface area contributed by atoms with Gasteiger partial charge < -0.3 is 9.47 Å². The fourth-order valence-corrected chi connectivity index (χ4v) is 1.93. The van der Waals surface area contributed by atoms with E-state index in [1.54, 1.807) is 19.1 Å². The van der Waals surface area contributed by atoms with Gasteiger partial charge in [-0.25, -0.2) is 4.79 Å². The first-order chi connectivity index (χ1) is 9.88. The van der Waals surface area contributed by atoms with Gasteiger partial charge in [-0.05, 0) is 32.0 Å². The molecule has 0 radical (unpaired) electrons. The van der Waals surface area contributed by atoms with Crippen LogP contribution < -0.4 is 9.47 Å². The fraction of sp³-hybridized carbons (Fsp3) is 0.176. The maximum atomic E-state index is 11.7. The van der Waals surface area contributed by atoms with Crippen LogP contribution in [0, 0.1) is 6.92 Å². The molecule has 0 saturated heterocycles. The van der Waals surface area contributed by atoms with Crippen molar-refractivity contribution in [3.8, 4) is 11.5 Å². The highest BCUT2D eigenvalue weighted by Crippen LogP contribution is 2.34. The highest BCUT2D eigenvalue weighted by Gasteiger charge is 2.13. The van der Waals surface area contributed by atoms with Gasteiger partial charge in [-0.2, -0.15) is 0 Å². The molecular formula is C17H16O4. The van der Waals surface area contributed by atoms with E-state index in [1.165, 1.54) is 6.92 Å². The van der Waals surface area contributed by atoms with Gasteiger partial charge in [0.25, 0.3) is 0 Å².